The van der Waals surface area contributed by atoms with E-state index < -0.39 is 17.7 Å². The maximum absolute atomic E-state index is 12.5. The van der Waals surface area contributed by atoms with Crippen molar-refractivity contribution >= 4 is 12.0 Å². The molecular weight excluding hydrogens is 386 g/mol. The molecule has 1 aliphatic carbocycles. The first-order valence-corrected chi connectivity index (χ1v) is 10.7. The van der Waals surface area contributed by atoms with Gasteiger partial charge in [-0.15, -0.1) is 0 Å². The lowest BCUT2D eigenvalue weighted by molar-refractivity contribution is -0.121. The Kier molecular flexibility index (Phi) is 7.47. The Bertz CT molecular complexity index is 768. The van der Waals surface area contributed by atoms with E-state index in [2.05, 4.69) is 21.5 Å². The number of nitrogens with one attached hydrogen (secondary N) is 1. The molecule has 0 radical (unpaired) electrons. The summed E-state index contributed by atoms with van der Waals surface area (Å²) in [7, 11) is 0. The number of rotatable bonds is 6. The summed E-state index contributed by atoms with van der Waals surface area (Å²) >= 11 is 0. The molecule has 1 fully saturated rings. The highest BCUT2D eigenvalue weighted by atomic mass is 16.6. The number of ether oxygens (including phenoxy) is 2. The number of amides is 2. The van der Waals surface area contributed by atoms with Crippen LogP contribution in [0.25, 0.3) is 0 Å². The minimum atomic E-state index is -0.585. The van der Waals surface area contributed by atoms with Crippen LogP contribution in [-0.4, -0.2) is 63.6 Å². The highest BCUT2D eigenvalue weighted by Gasteiger charge is 2.34. The fraction of sp³-hybridized carbons (Fsp3) is 0.714. The van der Waals surface area contributed by atoms with Crippen LogP contribution in [0.4, 0.5) is 4.79 Å². The molecular formula is C21H33N5O4. The van der Waals surface area contributed by atoms with Crippen molar-refractivity contribution in [2.24, 2.45) is 0 Å². The summed E-state index contributed by atoms with van der Waals surface area (Å²) in [5, 5.41) is 7.35. The van der Waals surface area contributed by atoms with Crippen molar-refractivity contribution in [3.8, 4) is 0 Å². The lowest BCUT2D eigenvalue weighted by Gasteiger charge is -2.35. The second-order valence-corrected chi connectivity index (χ2v) is 8.77. The van der Waals surface area contributed by atoms with E-state index in [0.717, 1.165) is 19.3 Å². The Morgan fingerprint density at radius 3 is 2.90 bits per heavy atom. The number of allylic oxidation sites excluding steroid dienone is 1. The molecule has 1 atom stereocenters. The second kappa shape index (κ2) is 10.1. The van der Waals surface area contributed by atoms with Crippen molar-refractivity contribution in [1.82, 2.24) is 25.0 Å². The largest absolute Gasteiger partial charge is 0.444 e. The molecule has 2 aliphatic rings. The standard InChI is InChI=1S/C21H33N5O4/c1-21(2,3)30-20(28)26-11-12-29-14-17(26)19-23-15-25(24-19)13-18(27)22-10-9-16-7-5-4-6-8-16/h7,15,17H,4-6,8-14H2,1-3H3,(H,22,27). The molecule has 1 aromatic rings. The topological polar surface area (TPSA) is 98.6 Å². The average molecular weight is 420 g/mol. The quantitative estimate of drug-likeness (QED) is 0.712. The van der Waals surface area contributed by atoms with Crippen molar-refractivity contribution in [3.05, 3.63) is 23.8 Å². The third kappa shape index (κ3) is 6.55. The van der Waals surface area contributed by atoms with E-state index in [1.165, 1.54) is 29.4 Å². The first kappa shape index (κ1) is 22.3. The zero-order valence-corrected chi connectivity index (χ0v) is 18.2. The van der Waals surface area contributed by atoms with Crippen LogP contribution in [0.1, 0.15) is 64.7 Å². The van der Waals surface area contributed by atoms with E-state index in [0.29, 0.717) is 32.1 Å². The summed E-state index contributed by atoms with van der Waals surface area (Å²) in [5.74, 6) is 0.340. The lowest BCUT2D eigenvalue weighted by Crippen LogP contribution is -2.46. The molecule has 166 valence electrons. The summed E-state index contributed by atoms with van der Waals surface area (Å²) in [4.78, 5) is 30.7. The Morgan fingerprint density at radius 1 is 1.33 bits per heavy atom. The highest BCUT2D eigenvalue weighted by molar-refractivity contribution is 5.75. The normalized spacial score (nSPS) is 19.9. The molecule has 1 unspecified atom stereocenters. The lowest BCUT2D eigenvalue weighted by atomic mass is 9.97. The smallest absolute Gasteiger partial charge is 0.411 e. The van der Waals surface area contributed by atoms with Gasteiger partial charge in [-0.3, -0.25) is 9.69 Å². The Labute approximate surface area is 177 Å². The first-order chi connectivity index (χ1) is 14.3. The monoisotopic (exact) mass is 419 g/mol. The first-order valence-electron chi connectivity index (χ1n) is 10.7. The molecule has 1 aromatic heterocycles. The van der Waals surface area contributed by atoms with Crippen LogP contribution >= 0.6 is 0 Å². The Hall–Kier alpha value is -2.42. The van der Waals surface area contributed by atoms with Crippen LogP contribution < -0.4 is 5.32 Å². The van der Waals surface area contributed by atoms with Gasteiger partial charge in [-0.25, -0.2) is 14.5 Å². The molecule has 1 aliphatic heterocycles. The molecule has 0 saturated carbocycles. The Morgan fingerprint density at radius 2 is 2.17 bits per heavy atom. The van der Waals surface area contributed by atoms with Gasteiger partial charge in [0.1, 0.15) is 24.5 Å². The third-order valence-corrected chi connectivity index (χ3v) is 5.07. The number of hydrogen-bond acceptors (Lipinski definition) is 6. The van der Waals surface area contributed by atoms with Gasteiger partial charge in [0.05, 0.1) is 13.2 Å². The second-order valence-electron chi connectivity index (χ2n) is 8.77. The van der Waals surface area contributed by atoms with Crippen LogP contribution in [-0.2, 0) is 20.8 Å². The maximum Gasteiger partial charge on any atom is 0.411 e. The molecule has 2 amide bonds. The van der Waals surface area contributed by atoms with E-state index in [1.54, 1.807) is 4.90 Å². The van der Waals surface area contributed by atoms with Gasteiger partial charge in [-0.05, 0) is 52.9 Å². The number of nitrogens with zero attached hydrogens (tertiary/aromatic N) is 4. The molecule has 2 heterocycles. The van der Waals surface area contributed by atoms with Crippen LogP contribution in [0.5, 0.6) is 0 Å². The molecule has 9 heteroatoms. The summed E-state index contributed by atoms with van der Waals surface area (Å²) in [6.45, 7) is 7.36. The Balaban J connectivity index is 1.52. The summed E-state index contributed by atoms with van der Waals surface area (Å²) in [5.41, 5.74) is 0.850. The van der Waals surface area contributed by atoms with Gasteiger partial charge in [0.15, 0.2) is 5.82 Å². The van der Waals surface area contributed by atoms with E-state index >= 15 is 0 Å². The van der Waals surface area contributed by atoms with Gasteiger partial charge in [-0.1, -0.05) is 11.6 Å². The van der Waals surface area contributed by atoms with Crippen molar-refractivity contribution in [3.63, 3.8) is 0 Å². The molecule has 1 saturated heterocycles. The van der Waals surface area contributed by atoms with Gasteiger partial charge in [0, 0.05) is 13.1 Å². The van der Waals surface area contributed by atoms with Gasteiger partial charge in [-0.2, -0.15) is 5.10 Å². The highest BCUT2D eigenvalue weighted by Crippen LogP contribution is 2.24. The third-order valence-electron chi connectivity index (χ3n) is 5.07. The van der Waals surface area contributed by atoms with E-state index in [-0.39, 0.29) is 12.5 Å². The number of hydrogen-bond donors (Lipinski definition) is 1. The minimum absolute atomic E-state index is 0.0893. The number of morpholine rings is 1. The fourth-order valence-corrected chi connectivity index (χ4v) is 3.59. The van der Waals surface area contributed by atoms with Crippen LogP contribution in [0, 0.1) is 0 Å². The van der Waals surface area contributed by atoms with E-state index in [4.69, 9.17) is 9.47 Å². The fourth-order valence-electron chi connectivity index (χ4n) is 3.59. The zero-order valence-electron chi connectivity index (χ0n) is 18.2. The molecule has 3 rings (SSSR count). The average Bonchev–Trinajstić information content (AvgIpc) is 3.16. The summed E-state index contributed by atoms with van der Waals surface area (Å²) in [6.07, 6.45) is 9.09. The number of aromatic nitrogens is 3. The van der Waals surface area contributed by atoms with Gasteiger partial charge < -0.3 is 14.8 Å². The van der Waals surface area contributed by atoms with Crippen molar-refractivity contribution in [2.45, 2.75) is 71.1 Å². The predicted molar refractivity (Wildman–Crippen MR) is 111 cm³/mol. The number of carbonyl (C=O) groups excluding carboxylic acids is 2. The van der Waals surface area contributed by atoms with Crippen LogP contribution in [0.2, 0.25) is 0 Å². The molecule has 9 nitrogen and oxygen atoms in total. The zero-order chi connectivity index (χ0) is 21.6. The SMILES string of the molecule is CC(C)(C)OC(=O)N1CCOCC1c1ncn(CC(=O)NCCC2=CCCCC2)n1. The van der Waals surface area contributed by atoms with Crippen molar-refractivity contribution < 1.29 is 19.1 Å². The van der Waals surface area contributed by atoms with E-state index in [9.17, 15) is 9.59 Å². The molecule has 0 bridgehead atoms. The minimum Gasteiger partial charge on any atom is -0.444 e. The molecule has 0 spiro atoms. The van der Waals surface area contributed by atoms with E-state index in [1.807, 2.05) is 20.8 Å². The maximum atomic E-state index is 12.5. The summed E-state index contributed by atoms with van der Waals surface area (Å²) < 4.78 is 12.5. The van der Waals surface area contributed by atoms with Gasteiger partial charge in [0.25, 0.3) is 0 Å². The van der Waals surface area contributed by atoms with Crippen LogP contribution in [0.15, 0.2) is 18.0 Å². The van der Waals surface area contributed by atoms with Gasteiger partial charge in [0.2, 0.25) is 5.91 Å². The molecule has 30 heavy (non-hydrogen) atoms. The van der Waals surface area contributed by atoms with Crippen molar-refractivity contribution in [1.29, 1.82) is 0 Å². The molecule has 0 aromatic carbocycles. The van der Waals surface area contributed by atoms with Gasteiger partial charge >= 0.3 is 6.09 Å². The van der Waals surface area contributed by atoms with Crippen LogP contribution in [0.3, 0.4) is 0 Å². The molecule has 1 N–H and O–H groups in total. The number of carbonyl (C=O) groups is 2. The predicted octanol–water partition coefficient (Wildman–Crippen LogP) is 2.59. The summed E-state index contributed by atoms with van der Waals surface area (Å²) in [6, 6.07) is -0.434. The van der Waals surface area contributed by atoms with Crippen molar-refractivity contribution in [2.75, 3.05) is 26.3 Å².